The second-order valence-electron chi connectivity index (χ2n) is 5.11. The van der Waals surface area contributed by atoms with Crippen LogP contribution in [0.1, 0.15) is 21.5 Å². The first kappa shape index (κ1) is 14.1. The SMILES string of the molecule is Cc1ccccc1CNC(=O)c1ccc(-n2cccn2)cc1. The number of hydrogen-bond acceptors (Lipinski definition) is 2. The van der Waals surface area contributed by atoms with Crippen molar-refractivity contribution in [2.24, 2.45) is 0 Å². The second-order valence-corrected chi connectivity index (χ2v) is 5.11. The Morgan fingerprint density at radius 3 is 2.55 bits per heavy atom. The molecule has 0 unspecified atom stereocenters. The van der Waals surface area contributed by atoms with Gasteiger partial charge < -0.3 is 5.32 Å². The minimum atomic E-state index is -0.0738. The van der Waals surface area contributed by atoms with Crippen LogP contribution >= 0.6 is 0 Å². The molecule has 2 aromatic carbocycles. The monoisotopic (exact) mass is 291 g/mol. The fourth-order valence-corrected chi connectivity index (χ4v) is 2.27. The Hall–Kier alpha value is -2.88. The molecule has 0 saturated heterocycles. The smallest absolute Gasteiger partial charge is 0.251 e. The maximum absolute atomic E-state index is 12.2. The number of benzene rings is 2. The number of nitrogens with one attached hydrogen (secondary N) is 1. The first-order valence-corrected chi connectivity index (χ1v) is 7.17. The predicted molar refractivity (Wildman–Crippen MR) is 85.9 cm³/mol. The van der Waals surface area contributed by atoms with E-state index in [0.717, 1.165) is 11.3 Å². The highest BCUT2D eigenvalue weighted by atomic mass is 16.1. The van der Waals surface area contributed by atoms with Crippen molar-refractivity contribution in [1.29, 1.82) is 0 Å². The molecule has 0 aliphatic carbocycles. The number of nitrogens with zero attached hydrogens (tertiary/aromatic N) is 2. The van der Waals surface area contributed by atoms with Crippen LogP contribution in [0.5, 0.6) is 0 Å². The second kappa shape index (κ2) is 6.26. The van der Waals surface area contributed by atoms with Crippen LogP contribution in [0.15, 0.2) is 67.0 Å². The Balaban J connectivity index is 1.67. The highest BCUT2D eigenvalue weighted by Crippen LogP contribution is 2.10. The van der Waals surface area contributed by atoms with E-state index < -0.39 is 0 Å². The van der Waals surface area contributed by atoms with Gasteiger partial charge in [-0.1, -0.05) is 24.3 Å². The molecule has 0 spiro atoms. The van der Waals surface area contributed by atoms with Crippen LogP contribution in [0.2, 0.25) is 0 Å². The predicted octanol–water partition coefficient (Wildman–Crippen LogP) is 3.11. The fraction of sp³-hybridized carbons (Fsp3) is 0.111. The lowest BCUT2D eigenvalue weighted by Crippen LogP contribution is -2.23. The molecule has 0 atom stereocenters. The van der Waals surface area contributed by atoms with E-state index in [1.165, 1.54) is 5.56 Å². The van der Waals surface area contributed by atoms with E-state index in [1.54, 1.807) is 10.9 Å². The van der Waals surface area contributed by atoms with Crippen molar-refractivity contribution in [2.75, 3.05) is 0 Å². The van der Waals surface area contributed by atoms with Crippen LogP contribution in [-0.2, 0) is 6.54 Å². The van der Waals surface area contributed by atoms with Crippen molar-refractivity contribution in [2.45, 2.75) is 13.5 Å². The fourth-order valence-electron chi connectivity index (χ4n) is 2.27. The van der Waals surface area contributed by atoms with Gasteiger partial charge in [0.05, 0.1) is 5.69 Å². The first-order valence-electron chi connectivity index (χ1n) is 7.17. The average molecular weight is 291 g/mol. The highest BCUT2D eigenvalue weighted by Gasteiger charge is 2.06. The number of aryl methyl sites for hydroxylation is 1. The van der Waals surface area contributed by atoms with E-state index in [4.69, 9.17) is 0 Å². The minimum absolute atomic E-state index is 0.0738. The number of rotatable bonds is 4. The van der Waals surface area contributed by atoms with Gasteiger partial charge in [0.1, 0.15) is 0 Å². The largest absolute Gasteiger partial charge is 0.348 e. The van der Waals surface area contributed by atoms with E-state index in [0.29, 0.717) is 12.1 Å². The number of hydrogen-bond donors (Lipinski definition) is 1. The van der Waals surface area contributed by atoms with Crippen molar-refractivity contribution in [3.8, 4) is 5.69 Å². The zero-order chi connectivity index (χ0) is 15.4. The quantitative estimate of drug-likeness (QED) is 0.803. The summed E-state index contributed by atoms with van der Waals surface area (Å²) in [6.45, 7) is 2.58. The molecule has 1 aromatic heterocycles. The normalized spacial score (nSPS) is 10.4. The van der Waals surface area contributed by atoms with Crippen LogP contribution in [-0.4, -0.2) is 15.7 Å². The molecular formula is C18H17N3O. The molecule has 0 bridgehead atoms. The molecule has 22 heavy (non-hydrogen) atoms. The summed E-state index contributed by atoms with van der Waals surface area (Å²) in [7, 11) is 0. The van der Waals surface area contributed by atoms with Gasteiger partial charge in [0.2, 0.25) is 0 Å². The van der Waals surface area contributed by atoms with Gasteiger partial charge in [-0.3, -0.25) is 4.79 Å². The molecule has 1 heterocycles. The Bertz CT molecular complexity index is 761. The van der Waals surface area contributed by atoms with E-state index in [-0.39, 0.29) is 5.91 Å². The summed E-state index contributed by atoms with van der Waals surface area (Å²) in [5.41, 5.74) is 3.88. The molecule has 3 aromatic rings. The summed E-state index contributed by atoms with van der Waals surface area (Å²) in [6.07, 6.45) is 3.59. The number of carbonyl (C=O) groups is 1. The lowest BCUT2D eigenvalue weighted by atomic mass is 10.1. The number of aromatic nitrogens is 2. The zero-order valence-electron chi connectivity index (χ0n) is 12.4. The zero-order valence-corrected chi connectivity index (χ0v) is 12.4. The van der Waals surface area contributed by atoms with Crippen molar-refractivity contribution >= 4 is 5.91 Å². The first-order chi connectivity index (χ1) is 10.7. The Kier molecular flexibility index (Phi) is 4.01. The van der Waals surface area contributed by atoms with Crippen LogP contribution in [0.3, 0.4) is 0 Å². The maximum Gasteiger partial charge on any atom is 0.251 e. The molecule has 1 N–H and O–H groups in total. The van der Waals surface area contributed by atoms with Crippen molar-refractivity contribution in [1.82, 2.24) is 15.1 Å². The van der Waals surface area contributed by atoms with Crippen LogP contribution < -0.4 is 5.32 Å². The van der Waals surface area contributed by atoms with E-state index >= 15 is 0 Å². The van der Waals surface area contributed by atoms with Crippen LogP contribution in [0.4, 0.5) is 0 Å². The third kappa shape index (κ3) is 3.06. The maximum atomic E-state index is 12.2. The molecular weight excluding hydrogens is 274 g/mol. The van der Waals surface area contributed by atoms with Gasteiger partial charge >= 0.3 is 0 Å². The van der Waals surface area contributed by atoms with Gasteiger partial charge in [-0.15, -0.1) is 0 Å². The molecule has 1 amide bonds. The third-order valence-corrected chi connectivity index (χ3v) is 3.60. The molecule has 4 nitrogen and oxygen atoms in total. The van der Waals surface area contributed by atoms with Crippen molar-refractivity contribution in [3.63, 3.8) is 0 Å². The Labute approximate surface area is 129 Å². The molecule has 3 rings (SSSR count). The Morgan fingerprint density at radius 2 is 1.86 bits per heavy atom. The van der Waals surface area contributed by atoms with E-state index in [2.05, 4.69) is 10.4 Å². The summed E-state index contributed by atoms with van der Waals surface area (Å²) in [6, 6.07) is 17.3. The summed E-state index contributed by atoms with van der Waals surface area (Å²) in [4.78, 5) is 12.2. The molecule has 0 aliphatic rings. The lowest BCUT2D eigenvalue weighted by molar-refractivity contribution is 0.0951. The molecule has 4 heteroatoms. The molecule has 110 valence electrons. The van der Waals surface area contributed by atoms with Gasteiger partial charge in [-0.05, 0) is 48.4 Å². The van der Waals surface area contributed by atoms with E-state index in [1.807, 2.05) is 67.7 Å². The minimum Gasteiger partial charge on any atom is -0.348 e. The highest BCUT2D eigenvalue weighted by molar-refractivity contribution is 5.94. The van der Waals surface area contributed by atoms with Gasteiger partial charge in [-0.25, -0.2) is 4.68 Å². The number of carbonyl (C=O) groups excluding carboxylic acids is 1. The summed E-state index contributed by atoms with van der Waals surface area (Å²) >= 11 is 0. The van der Waals surface area contributed by atoms with Gasteiger partial charge in [0, 0.05) is 24.5 Å². The summed E-state index contributed by atoms with van der Waals surface area (Å²) in [5.74, 6) is -0.0738. The molecule has 0 saturated carbocycles. The standard InChI is InChI=1S/C18H17N3O/c1-14-5-2-3-6-16(14)13-19-18(22)15-7-9-17(10-8-15)21-12-4-11-20-21/h2-12H,13H2,1H3,(H,19,22). The van der Waals surface area contributed by atoms with Gasteiger partial charge in [-0.2, -0.15) is 5.10 Å². The molecule has 0 fully saturated rings. The molecule has 0 aliphatic heterocycles. The number of amides is 1. The van der Waals surface area contributed by atoms with Crippen LogP contribution in [0.25, 0.3) is 5.69 Å². The Morgan fingerprint density at radius 1 is 1.09 bits per heavy atom. The van der Waals surface area contributed by atoms with Crippen molar-refractivity contribution < 1.29 is 4.79 Å². The topological polar surface area (TPSA) is 46.9 Å². The molecule has 0 radical (unpaired) electrons. The third-order valence-electron chi connectivity index (χ3n) is 3.60. The van der Waals surface area contributed by atoms with Crippen LogP contribution in [0, 0.1) is 6.92 Å². The average Bonchev–Trinajstić information content (AvgIpc) is 3.08. The van der Waals surface area contributed by atoms with E-state index in [9.17, 15) is 4.79 Å². The summed E-state index contributed by atoms with van der Waals surface area (Å²) in [5, 5.41) is 7.11. The van der Waals surface area contributed by atoms with Gasteiger partial charge in [0.15, 0.2) is 0 Å². The van der Waals surface area contributed by atoms with Gasteiger partial charge in [0.25, 0.3) is 5.91 Å². The lowest BCUT2D eigenvalue weighted by Gasteiger charge is -2.08. The van der Waals surface area contributed by atoms with Crippen molar-refractivity contribution in [3.05, 3.63) is 83.7 Å². The summed E-state index contributed by atoms with van der Waals surface area (Å²) < 4.78 is 1.76.